The molecule has 1 aromatic carbocycles. The van der Waals surface area contributed by atoms with Gasteiger partial charge >= 0.3 is 13.4 Å². The summed E-state index contributed by atoms with van der Waals surface area (Å²) in [7, 11) is -3.87. The average molecular weight is 570 g/mol. The first-order valence-electron chi connectivity index (χ1n) is 12.4. The van der Waals surface area contributed by atoms with Crippen LogP contribution < -0.4 is 16.3 Å². The second kappa shape index (κ2) is 13.3. The number of aromatic nitrogens is 2. The molecule has 3 rings (SSSR count). The topological polar surface area (TPSA) is 149 Å². The maximum absolute atomic E-state index is 13.6. The first kappa shape index (κ1) is 30.5. The predicted octanol–water partition coefficient (Wildman–Crippen LogP) is 3.12. The third-order valence-electron chi connectivity index (χ3n) is 6.40. The van der Waals surface area contributed by atoms with Crippen LogP contribution in [-0.4, -0.2) is 50.9 Å². The van der Waals surface area contributed by atoms with E-state index in [9.17, 15) is 24.1 Å². The van der Waals surface area contributed by atoms with E-state index in [2.05, 4.69) is 10.1 Å². The summed E-state index contributed by atoms with van der Waals surface area (Å²) in [6.07, 6.45) is -0.579. The number of carbonyl (C=O) groups is 1. The molecule has 1 aromatic heterocycles. The molecule has 11 nitrogen and oxygen atoms in total. The first-order valence-corrected chi connectivity index (χ1v) is 15.0. The van der Waals surface area contributed by atoms with Gasteiger partial charge in [-0.15, -0.1) is 0 Å². The van der Waals surface area contributed by atoms with E-state index in [1.54, 1.807) is 6.92 Å². The van der Waals surface area contributed by atoms with Gasteiger partial charge in [0.1, 0.15) is 12.3 Å². The molecule has 0 amide bonds. The van der Waals surface area contributed by atoms with Crippen LogP contribution in [0.15, 0.2) is 46.1 Å². The van der Waals surface area contributed by atoms with E-state index in [0.29, 0.717) is 17.7 Å². The van der Waals surface area contributed by atoms with Gasteiger partial charge in [0.15, 0.2) is 5.12 Å². The Labute approximate surface area is 225 Å². The Morgan fingerprint density at radius 3 is 2.68 bits per heavy atom. The van der Waals surface area contributed by atoms with Crippen LogP contribution in [0.1, 0.15) is 51.0 Å². The molecule has 0 spiro atoms. The van der Waals surface area contributed by atoms with E-state index in [-0.39, 0.29) is 31.3 Å². The highest BCUT2D eigenvalue weighted by Gasteiger charge is 2.38. The maximum atomic E-state index is 13.6. The number of nitrogens with one attached hydrogen (secondary N) is 2. The van der Waals surface area contributed by atoms with Crippen molar-refractivity contribution in [1.29, 1.82) is 0 Å². The zero-order chi connectivity index (χ0) is 27.9. The third kappa shape index (κ3) is 8.22. The van der Waals surface area contributed by atoms with Gasteiger partial charge < -0.3 is 9.84 Å². The largest absolute Gasteiger partial charge is 0.405 e. The van der Waals surface area contributed by atoms with Gasteiger partial charge in [-0.25, -0.2) is 14.4 Å². The Morgan fingerprint density at radius 2 is 2.00 bits per heavy atom. The number of aromatic amines is 1. The third-order valence-corrected chi connectivity index (χ3v) is 9.15. The van der Waals surface area contributed by atoms with Crippen molar-refractivity contribution in [2.24, 2.45) is 5.41 Å². The Hall–Kier alpha value is -2.05. The van der Waals surface area contributed by atoms with Crippen LogP contribution in [0.3, 0.4) is 0 Å². The van der Waals surface area contributed by atoms with Crippen molar-refractivity contribution in [1.82, 2.24) is 14.6 Å². The number of hydrogen-bond donors (Lipinski definition) is 3. The van der Waals surface area contributed by atoms with Gasteiger partial charge in [0.2, 0.25) is 0 Å². The lowest BCUT2D eigenvalue weighted by molar-refractivity contribution is -0.118. The minimum absolute atomic E-state index is 0.00196. The predicted molar refractivity (Wildman–Crippen MR) is 145 cm³/mol. The van der Waals surface area contributed by atoms with Gasteiger partial charge in [-0.05, 0) is 18.9 Å². The fourth-order valence-electron chi connectivity index (χ4n) is 3.55. The summed E-state index contributed by atoms with van der Waals surface area (Å²) in [6, 6.07) is 9.29. The van der Waals surface area contributed by atoms with Crippen molar-refractivity contribution in [3.8, 4) is 0 Å². The number of nitrogens with zero attached hydrogens (tertiary/aromatic N) is 1. The highest BCUT2D eigenvalue weighted by Crippen LogP contribution is 2.45. The number of H-pyrrole nitrogens is 1. The summed E-state index contributed by atoms with van der Waals surface area (Å²) in [5, 5.41) is 13.4. The number of rotatable bonds is 13. The number of benzene rings is 1. The van der Waals surface area contributed by atoms with E-state index in [4.69, 9.17) is 13.8 Å². The molecular weight excluding hydrogens is 533 g/mol. The Bertz CT molecular complexity index is 1250. The van der Waals surface area contributed by atoms with Crippen LogP contribution in [-0.2, 0) is 29.7 Å². The minimum Gasteiger partial charge on any atom is -0.390 e. The molecule has 4 atom stereocenters. The van der Waals surface area contributed by atoms with Gasteiger partial charge in [-0.3, -0.25) is 28.2 Å². The summed E-state index contributed by atoms with van der Waals surface area (Å²) in [4.78, 5) is 38.5. The fourth-order valence-corrected chi connectivity index (χ4v) is 5.87. The molecule has 1 unspecified atom stereocenters. The van der Waals surface area contributed by atoms with Gasteiger partial charge in [0.25, 0.3) is 5.56 Å². The molecule has 0 radical (unpaired) electrons. The lowest BCUT2D eigenvalue weighted by Gasteiger charge is -2.23. The van der Waals surface area contributed by atoms with Crippen LogP contribution in [0.2, 0.25) is 0 Å². The van der Waals surface area contributed by atoms with Gasteiger partial charge in [0.05, 0.1) is 19.3 Å². The second-order valence-electron chi connectivity index (χ2n) is 9.73. The van der Waals surface area contributed by atoms with Crippen LogP contribution in [0.5, 0.6) is 0 Å². The molecule has 13 heteroatoms. The monoisotopic (exact) mass is 569 g/mol. The quantitative estimate of drug-likeness (QED) is 0.243. The SMILES string of the molecule is CCC(C)(C)C(=O)SCCOP(=O)(NCc1ccccc1)OC[C@@H]1O[C@H](n2cc(C)c(=O)[nH]c2=O)C[C@@H]1O. The lowest BCUT2D eigenvalue weighted by atomic mass is 9.92. The summed E-state index contributed by atoms with van der Waals surface area (Å²) < 4.78 is 31.8. The number of hydrogen-bond acceptors (Lipinski definition) is 9. The smallest absolute Gasteiger partial charge is 0.390 e. The molecule has 210 valence electrons. The summed E-state index contributed by atoms with van der Waals surface area (Å²) in [5.74, 6) is 0.293. The molecule has 2 aromatic rings. The second-order valence-corrected chi connectivity index (χ2v) is 12.6. The van der Waals surface area contributed by atoms with E-state index < -0.39 is 42.8 Å². The maximum Gasteiger partial charge on any atom is 0.405 e. The van der Waals surface area contributed by atoms with Crippen LogP contribution in [0.4, 0.5) is 0 Å². The lowest BCUT2D eigenvalue weighted by Crippen LogP contribution is -2.33. The fraction of sp³-hybridized carbons (Fsp3) is 0.560. The highest BCUT2D eigenvalue weighted by molar-refractivity contribution is 8.13. The van der Waals surface area contributed by atoms with Crippen molar-refractivity contribution in [3.05, 3.63) is 68.5 Å². The average Bonchev–Trinajstić information content (AvgIpc) is 3.27. The van der Waals surface area contributed by atoms with Crippen LogP contribution in [0, 0.1) is 12.3 Å². The normalized spacial score (nSPS) is 21.3. The number of aryl methyl sites for hydroxylation is 1. The Morgan fingerprint density at radius 1 is 1.29 bits per heavy atom. The van der Waals surface area contributed by atoms with Crippen molar-refractivity contribution < 1.29 is 28.3 Å². The Balaban J connectivity index is 1.63. The van der Waals surface area contributed by atoms with Gasteiger partial charge in [-0.2, -0.15) is 0 Å². The van der Waals surface area contributed by atoms with Crippen LogP contribution in [0.25, 0.3) is 0 Å². The number of aliphatic hydroxyl groups is 1. The molecule has 1 aliphatic rings. The molecule has 1 saturated heterocycles. The van der Waals surface area contributed by atoms with E-state index >= 15 is 0 Å². The Kier molecular flexibility index (Phi) is 10.7. The van der Waals surface area contributed by atoms with Gasteiger partial charge in [-0.1, -0.05) is 62.9 Å². The van der Waals surface area contributed by atoms with E-state index in [1.165, 1.54) is 10.8 Å². The van der Waals surface area contributed by atoms with E-state index in [0.717, 1.165) is 17.3 Å². The minimum atomic E-state index is -3.87. The summed E-state index contributed by atoms with van der Waals surface area (Å²) in [6.45, 7) is 7.18. The molecule has 2 heterocycles. The molecule has 0 aliphatic carbocycles. The molecule has 0 bridgehead atoms. The zero-order valence-electron chi connectivity index (χ0n) is 22.0. The number of carbonyl (C=O) groups excluding carboxylic acids is 1. The number of ether oxygens (including phenoxy) is 1. The number of thioether (sulfide) groups is 1. The molecule has 3 N–H and O–H groups in total. The number of aliphatic hydroxyl groups excluding tert-OH is 1. The van der Waals surface area contributed by atoms with Gasteiger partial charge in [0, 0.05) is 35.9 Å². The zero-order valence-corrected chi connectivity index (χ0v) is 23.8. The molecule has 38 heavy (non-hydrogen) atoms. The summed E-state index contributed by atoms with van der Waals surface area (Å²) in [5.41, 5.74) is -0.431. The van der Waals surface area contributed by atoms with Crippen molar-refractivity contribution in [3.63, 3.8) is 0 Å². The molecular formula is C25H36N3O8PS. The summed E-state index contributed by atoms with van der Waals surface area (Å²) >= 11 is 1.12. The van der Waals surface area contributed by atoms with Crippen molar-refractivity contribution >= 4 is 24.6 Å². The first-order chi connectivity index (χ1) is 17.9. The van der Waals surface area contributed by atoms with E-state index in [1.807, 2.05) is 51.1 Å². The molecule has 0 saturated carbocycles. The highest BCUT2D eigenvalue weighted by atomic mass is 32.2. The van der Waals surface area contributed by atoms with Crippen molar-refractivity contribution in [2.75, 3.05) is 19.0 Å². The van der Waals surface area contributed by atoms with Crippen LogP contribution >= 0.6 is 19.5 Å². The van der Waals surface area contributed by atoms with Crippen molar-refractivity contribution in [2.45, 2.75) is 65.5 Å². The standard InChI is InChI=1S/C25H36N3O8PS/c1-5-25(3,4)23(31)38-12-11-34-37(33,26-14-18-9-7-6-8-10-18)35-16-20-19(29)13-21(36-20)28-15-17(2)22(30)27-24(28)32/h6-10,15,19-21,29H,5,11-14,16H2,1-4H3,(H,26,33)(H,27,30,32)/t19-,20-,21-,37?/m0/s1. The molecule has 1 fully saturated rings. The molecule has 1 aliphatic heterocycles.